The summed E-state index contributed by atoms with van der Waals surface area (Å²) in [5, 5.41) is 6.94. The summed E-state index contributed by atoms with van der Waals surface area (Å²) in [4.78, 5) is 3.06. The lowest BCUT2D eigenvalue weighted by Crippen LogP contribution is -2.24. The van der Waals surface area contributed by atoms with Gasteiger partial charge in [-0.3, -0.25) is 5.10 Å². The third-order valence-corrected chi connectivity index (χ3v) is 5.57. The van der Waals surface area contributed by atoms with Crippen LogP contribution in [0.2, 0.25) is 0 Å². The number of hydrogen-bond donors (Lipinski definition) is 2. The van der Waals surface area contributed by atoms with Crippen molar-refractivity contribution in [2.75, 3.05) is 0 Å². The predicted molar refractivity (Wildman–Crippen MR) is 114 cm³/mol. The van der Waals surface area contributed by atoms with Crippen molar-refractivity contribution in [3.05, 3.63) is 39.9 Å². The molecule has 144 valence electrons. The minimum Gasteiger partial charge on any atom is -0.479 e. The highest BCUT2D eigenvalue weighted by Crippen LogP contribution is 2.40. The largest absolute Gasteiger partial charge is 0.479 e. The lowest BCUT2D eigenvalue weighted by atomic mass is 9.75. The molecule has 0 aliphatic rings. The summed E-state index contributed by atoms with van der Waals surface area (Å²) in [7, 11) is 0. The summed E-state index contributed by atoms with van der Waals surface area (Å²) in [6.45, 7) is 15.7. The number of H-pyrrole nitrogens is 2. The summed E-state index contributed by atoms with van der Waals surface area (Å²) in [6.07, 6.45) is 0.916. The molecule has 6 heteroatoms. The van der Waals surface area contributed by atoms with Crippen molar-refractivity contribution in [1.29, 1.82) is 0 Å². The molecule has 0 aliphatic heterocycles. The van der Waals surface area contributed by atoms with E-state index >= 15 is 0 Å². The molecule has 2 N–H and O–H groups in total. The Hall–Kier alpha value is -1.27. The van der Waals surface area contributed by atoms with Crippen LogP contribution in [-0.4, -0.2) is 20.6 Å². The van der Waals surface area contributed by atoms with Gasteiger partial charge in [-0.25, -0.2) is 0 Å². The van der Waals surface area contributed by atoms with E-state index in [9.17, 15) is 0 Å². The van der Waals surface area contributed by atoms with Crippen molar-refractivity contribution in [3.8, 4) is 5.75 Å². The molecule has 1 aromatic carbocycles. The first-order valence-electron chi connectivity index (χ1n) is 9.08. The van der Waals surface area contributed by atoms with E-state index in [1.807, 2.05) is 0 Å². The lowest BCUT2D eigenvalue weighted by molar-refractivity contribution is 0.275. The topological polar surface area (TPSA) is 53.7 Å². The number of hydrogen-bond acceptors (Lipinski definition) is 4. The monoisotopic (exact) mass is 393 g/mol. The highest BCUT2D eigenvalue weighted by atomic mass is 32.2. The van der Waals surface area contributed by atoms with E-state index in [0.29, 0.717) is 4.77 Å². The Balaban J connectivity index is 2.27. The van der Waals surface area contributed by atoms with Gasteiger partial charge >= 0.3 is 0 Å². The van der Waals surface area contributed by atoms with E-state index in [2.05, 4.69) is 81.8 Å². The Morgan fingerprint density at radius 2 is 1.85 bits per heavy atom. The third kappa shape index (κ3) is 5.36. The average molecular weight is 394 g/mol. The zero-order valence-corrected chi connectivity index (χ0v) is 18.5. The summed E-state index contributed by atoms with van der Waals surface area (Å²) >= 11 is 6.77. The van der Waals surface area contributed by atoms with Gasteiger partial charge in [0, 0.05) is 5.56 Å². The highest BCUT2D eigenvalue weighted by molar-refractivity contribution is 7.99. The van der Waals surface area contributed by atoms with Crippen LogP contribution in [0.1, 0.15) is 71.8 Å². The summed E-state index contributed by atoms with van der Waals surface area (Å²) in [6, 6.07) is 6.43. The van der Waals surface area contributed by atoms with Crippen LogP contribution in [-0.2, 0) is 16.6 Å². The van der Waals surface area contributed by atoms with Gasteiger partial charge in [-0.15, -0.1) is 11.8 Å². The van der Waals surface area contributed by atoms with Gasteiger partial charge in [0.05, 0.1) is 5.75 Å². The van der Waals surface area contributed by atoms with Crippen LogP contribution in [0.4, 0.5) is 0 Å². The smallest absolute Gasteiger partial charge is 0.192 e. The predicted octanol–water partition coefficient (Wildman–Crippen LogP) is 6.11. The van der Waals surface area contributed by atoms with E-state index in [-0.39, 0.29) is 16.3 Å². The van der Waals surface area contributed by atoms with Crippen LogP contribution in [0.25, 0.3) is 0 Å². The second kappa shape index (κ2) is 8.17. The van der Waals surface area contributed by atoms with Gasteiger partial charge in [0.2, 0.25) is 0 Å². The summed E-state index contributed by atoms with van der Waals surface area (Å²) < 4.78 is 7.03. The Morgan fingerprint density at radius 1 is 1.15 bits per heavy atom. The minimum atomic E-state index is 0.00929. The van der Waals surface area contributed by atoms with E-state index in [0.717, 1.165) is 23.7 Å². The zero-order chi connectivity index (χ0) is 19.5. The van der Waals surface area contributed by atoms with Crippen LogP contribution in [0.15, 0.2) is 18.2 Å². The minimum absolute atomic E-state index is 0.00929. The molecule has 2 rings (SSSR count). The first-order chi connectivity index (χ1) is 12.0. The van der Waals surface area contributed by atoms with Crippen molar-refractivity contribution in [2.24, 2.45) is 0 Å². The molecule has 0 saturated carbocycles. The summed E-state index contributed by atoms with van der Waals surface area (Å²) in [5.41, 5.74) is 2.78. The van der Waals surface area contributed by atoms with Gasteiger partial charge in [0.25, 0.3) is 0 Å². The van der Waals surface area contributed by atoms with Crippen molar-refractivity contribution >= 4 is 24.0 Å². The molecule has 0 spiro atoms. The van der Waals surface area contributed by atoms with Gasteiger partial charge in [-0.1, -0.05) is 60.6 Å². The van der Waals surface area contributed by atoms with E-state index in [1.54, 1.807) is 11.8 Å². The van der Waals surface area contributed by atoms with E-state index in [4.69, 9.17) is 17.0 Å². The lowest BCUT2D eigenvalue weighted by Gasteiger charge is -2.33. The van der Waals surface area contributed by atoms with Crippen molar-refractivity contribution in [2.45, 2.75) is 76.9 Å². The molecule has 1 heterocycles. The quantitative estimate of drug-likeness (QED) is 0.459. The van der Waals surface area contributed by atoms with Crippen LogP contribution >= 0.6 is 24.0 Å². The summed E-state index contributed by atoms with van der Waals surface area (Å²) in [5.74, 6) is 2.57. The van der Waals surface area contributed by atoms with Crippen molar-refractivity contribution < 1.29 is 4.74 Å². The van der Waals surface area contributed by atoms with Gasteiger partial charge < -0.3 is 9.72 Å². The van der Waals surface area contributed by atoms with E-state index in [1.165, 1.54) is 11.1 Å². The molecule has 4 nitrogen and oxygen atoms in total. The fourth-order valence-electron chi connectivity index (χ4n) is 2.95. The molecule has 0 amide bonds. The second-order valence-corrected chi connectivity index (χ2v) is 10.1. The second-order valence-electron chi connectivity index (χ2n) is 8.57. The third-order valence-electron chi connectivity index (χ3n) is 4.13. The molecule has 2 aromatic rings. The van der Waals surface area contributed by atoms with Crippen LogP contribution in [0.3, 0.4) is 0 Å². The SMILES string of the molecule is CCC(Oc1cccc(C(C)(C)C)c1C(C)(C)C)SCc1n[nH]c(=S)[nH]1. The highest BCUT2D eigenvalue weighted by Gasteiger charge is 2.29. The molecule has 0 aliphatic carbocycles. The fraction of sp³-hybridized carbons (Fsp3) is 0.600. The molecule has 0 bridgehead atoms. The maximum atomic E-state index is 6.47. The normalized spacial score (nSPS) is 13.7. The average Bonchev–Trinajstić information content (AvgIpc) is 2.94. The van der Waals surface area contributed by atoms with Gasteiger partial charge in [-0.05, 0) is 41.1 Å². The number of thioether (sulfide) groups is 1. The maximum absolute atomic E-state index is 6.47. The van der Waals surface area contributed by atoms with Gasteiger partial charge in [0.1, 0.15) is 17.0 Å². The Morgan fingerprint density at radius 3 is 2.35 bits per heavy atom. The molecule has 1 aromatic heterocycles. The maximum Gasteiger partial charge on any atom is 0.192 e. The molecule has 1 unspecified atom stereocenters. The molecule has 26 heavy (non-hydrogen) atoms. The molecule has 1 atom stereocenters. The number of nitrogens with one attached hydrogen (secondary N) is 2. The molecule has 0 fully saturated rings. The number of benzene rings is 1. The number of aromatic nitrogens is 3. The zero-order valence-electron chi connectivity index (χ0n) is 16.9. The standard InChI is InChI=1S/C20H31N3OS2/c1-8-16(26-12-15-21-18(25)23-22-15)24-14-11-9-10-13(19(2,3)4)17(14)20(5,6)7/h9-11,16H,8,12H2,1-7H3,(H2,21,22,23,25). The first kappa shape index (κ1) is 21.0. The Kier molecular flexibility index (Phi) is 6.61. The number of nitrogens with zero attached hydrogens (tertiary/aromatic N) is 1. The van der Waals surface area contributed by atoms with E-state index < -0.39 is 0 Å². The van der Waals surface area contributed by atoms with Crippen molar-refractivity contribution in [1.82, 2.24) is 15.2 Å². The van der Waals surface area contributed by atoms with Crippen LogP contribution in [0, 0.1) is 4.77 Å². The number of aromatic amines is 2. The van der Waals surface area contributed by atoms with Crippen molar-refractivity contribution in [3.63, 3.8) is 0 Å². The number of ether oxygens (including phenoxy) is 1. The first-order valence-corrected chi connectivity index (χ1v) is 10.5. The molecular weight excluding hydrogens is 362 g/mol. The number of rotatable bonds is 6. The molecule has 0 radical (unpaired) electrons. The van der Waals surface area contributed by atoms with Gasteiger partial charge in [0.15, 0.2) is 4.77 Å². The fourth-order valence-corrected chi connectivity index (χ4v) is 4.00. The van der Waals surface area contributed by atoms with Crippen LogP contribution < -0.4 is 4.74 Å². The Bertz CT molecular complexity index is 781. The Labute approximate surface area is 166 Å². The molecular formula is C20H31N3OS2. The molecule has 0 saturated heterocycles. The van der Waals surface area contributed by atoms with Gasteiger partial charge in [-0.2, -0.15) is 5.10 Å². The van der Waals surface area contributed by atoms with Crippen LogP contribution in [0.5, 0.6) is 5.75 Å².